The molecule has 8 nitrogen and oxygen atoms in total. The standard InChI is InChI=1S/C24H32N4O4S/c1-4-5-15-32-24(31)28-13-11-27(12-14-28)23(30)20(17(2)3)26-21(29)19-16-33-22(25-19)18-9-7-6-8-10-18/h6-10,16-17,20H,4-5,11-15H2,1-3H3,(H,26,29)/t20-/m0/s1. The number of benzene rings is 1. The Bertz CT molecular complexity index is 939. The Morgan fingerprint density at radius 1 is 1.09 bits per heavy atom. The number of ether oxygens (including phenoxy) is 1. The van der Waals surface area contributed by atoms with E-state index in [4.69, 9.17) is 4.74 Å². The van der Waals surface area contributed by atoms with Gasteiger partial charge in [-0.25, -0.2) is 9.78 Å². The lowest BCUT2D eigenvalue weighted by atomic mass is 10.0. The number of hydrogen-bond acceptors (Lipinski definition) is 6. The minimum atomic E-state index is -0.664. The van der Waals surface area contributed by atoms with Crippen LogP contribution in [0.25, 0.3) is 10.6 Å². The molecule has 1 aromatic carbocycles. The van der Waals surface area contributed by atoms with Gasteiger partial charge in [0.15, 0.2) is 0 Å². The summed E-state index contributed by atoms with van der Waals surface area (Å²) in [5.41, 5.74) is 1.25. The van der Waals surface area contributed by atoms with Crippen LogP contribution in [0.4, 0.5) is 4.79 Å². The fourth-order valence-corrected chi connectivity index (χ4v) is 4.33. The first-order chi connectivity index (χ1) is 15.9. The summed E-state index contributed by atoms with van der Waals surface area (Å²) in [5.74, 6) is -0.597. The molecule has 2 aromatic rings. The summed E-state index contributed by atoms with van der Waals surface area (Å²) in [7, 11) is 0. The highest BCUT2D eigenvalue weighted by atomic mass is 32.1. The van der Waals surface area contributed by atoms with Crippen LogP contribution in [0.15, 0.2) is 35.7 Å². The van der Waals surface area contributed by atoms with Crippen LogP contribution in [-0.4, -0.2) is 71.5 Å². The molecule has 3 amide bonds. The number of hydrogen-bond donors (Lipinski definition) is 1. The first-order valence-corrected chi connectivity index (χ1v) is 12.3. The number of nitrogens with one attached hydrogen (secondary N) is 1. The topological polar surface area (TPSA) is 91.8 Å². The van der Waals surface area contributed by atoms with Gasteiger partial charge in [-0.2, -0.15) is 0 Å². The Labute approximate surface area is 198 Å². The van der Waals surface area contributed by atoms with E-state index < -0.39 is 6.04 Å². The van der Waals surface area contributed by atoms with E-state index in [0.717, 1.165) is 23.4 Å². The average molecular weight is 473 g/mol. The SMILES string of the molecule is CCCCOC(=O)N1CCN(C(=O)[C@@H](NC(=O)c2csc(-c3ccccc3)n2)C(C)C)CC1. The summed E-state index contributed by atoms with van der Waals surface area (Å²) >= 11 is 1.40. The lowest BCUT2D eigenvalue weighted by molar-refractivity contribution is -0.135. The van der Waals surface area contributed by atoms with Gasteiger partial charge in [0.2, 0.25) is 5.91 Å². The van der Waals surface area contributed by atoms with E-state index in [0.29, 0.717) is 38.5 Å². The van der Waals surface area contributed by atoms with Crippen LogP contribution < -0.4 is 5.32 Å². The number of nitrogens with zero attached hydrogens (tertiary/aromatic N) is 3. The van der Waals surface area contributed by atoms with Crippen molar-refractivity contribution in [2.75, 3.05) is 32.8 Å². The first kappa shape index (κ1) is 24.7. The molecule has 1 aromatic heterocycles. The number of thiazole rings is 1. The molecule has 1 atom stereocenters. The van der Waals surface area contributed by atoms with E-state index in [1.54, 1.807) is 15.2 Å². The largest absolute Gasteiger partial charge is 0.449 e. The molecule has 0 spiro atoms. The summed E-state index contributed by atoms with van der Waals surface area (Å²) in [6.45, 7) is 7.92. The molecular formula is C24H32N4O4S. The van der Waals surface area contributed by atoms with Crippen molar-refractivity contribution < 1.29 is 19.1 Å². The van der Waals surface area contributed by atoms with Crippen LogP contribution in [-0.2, 0) is 9.53 Å². The second kappa shape index (κ2) is 11.8. The predicted molar refractivity (Wildman–Crippen MR) is 128 cm³/mol. The van der Waals surface area contributed by atoms with E-state index in [1.807, 2.05) is 51.1 Å². The summed E-state index contributed by atoms with van der Waals surface area (Å²) < 4.78 is 5.26. The summed E-state index contributed by atoms with van der Waals surface area (Å²) in [6, 6.07) is 9.00. The Hall–Kier alpha value is -2.94. The first-order valence-electron chi connectivity index (χ1n) is 11.4. The third kappa shape index (κ3) is 6.54. The number of aromatic nitrogens is 1. The lowest BCUT2D eigenvalue weighted by Crippen LogP contribution is -2.57. The van der Waals surface area contributed by atoms with Crippen LogP contribution >= 0.6 is 11.3 Å². The van der Waals surface area contributed by atoms with E-state index in [9.17, 15) is 14.4 Å². The predicted octanol–water partition coefficient (Wildman–Crippen LogP) is 3.65. The van der Waals surface area contributed by atoms with E-state index >= 15 is 0 Å². The zero-order chi connectivity index (χ0) is 23.8. The van der Waals surface area contributed by atoms with Crippen LogP contribution in [0, 0.1) is 5.92 Å². The number of unbranched alkanes of at least 4 members (excludes halogenated alkanes) is 1. The van der Waals surface area contributed by atoms with Gasteiger partial charge in [0, 0.05) is 37.1 Å². The molecule has 0 saturated carbocycles. The average Bonchev–Trinajstić information content (AvgIpc) is 3.33. The van der Waals surface area contributed by atoms with Gasteiger partial charge in [-0.3, -0.25) is 9.59 Å². The van der Waals surface area contributed by atoms with Gasteiger partial charge < -0.3 is 19.9 Å². The third-order valence-corrected chi connectivity index (χ3v) is 6.44. The molecule has 1 saturated heterocycles. The van der Waals surface area contributed by atoms with Crippen molar-refractivity contribution in [3.63, 3.8) is 0 Å². The van der Waals surface area contributed by atoms with E-state index in [1.165, 1.54) is 11.3 Å². The summed E-state index contributed by atoms with van der Waals surface area (Å²) in [6.07, 6.45) is 1.47. The normalized spacial score (nSPS) is 14.8. The number of amides is 3. The fourth-order valence-electron chi connectivity index (χ4n) is 3.52. The molecule has 2 heterocycles. The highest BCUT2D eigenvalue weighted by molar-refractivity contribution is 7.13. The van der Waals surface area contributed by atoms with Gasteiger partial charge in [0.25, 0.3) is 5.91 Å². The molecule has 0 radical (unpaired) electrons. The summed E-state index contributed by atoms with van der Waals surface area (Å²) in [5, 5.41) is 5.34. The molecule has 1 aliphatic heterocycles. The van der Waals surface area contributed by atoms with Crippen LogP contribution in [0.5, 0.6) is 0 Å². The van der Waals surface area contributed by atoms with Crippen molar-refractivity contribution in [3.05, 3.63) is 41.4 Å². The fraction of sp³-hybridized carbons (Fsp3) is 0.500. The molecule has 9 heteroatoms. The smallest absolute Gasteiger partial charge is 0.409 e. The van der Waals surface area contributed by atoms with Gasteiger partial charge in [-0.05, 0) is 12.3 Å². The second-order valence-electron chi connectivity index (χ2n) is 8.38. The van der Waals surface area contributed by atoms with Crippen LogP contribution in [0.2, 0.25) is 0 Å². The van der Waals surface area contributed by atoms with Gasteiger partial charge in [-0.15, -0.1) is 11.3 Å². The van der Waals surface area contributed by atoms with Crippen molar-refractivity contribution in [2.24, 2.45) is 5.92 Å². The Morgan fingerprint density at radius 3 is 2.39 bits per heavy atom. The second-order valence-corrected chi connectivity index (χ2v) is 9.24. The zero-order valence-electron chi connectivity index (χ0n) is 19.5. The number of rotatable bonds is 8. The van der Waals surface area contributed by atoms with Gasteiger partial charge in [-0.1, -0.05) is 57.5 Å². The molecule has 33 heavy (non-hydrogen) atoms. The highest BCUT2D eigenvalue weighted by Crippen LogP contribution is 2.23. The van der Waals surface area contributed by atoms with Crippen molar-refractivity contribution in [3.8, 4) is 10.6 Å². The van der Waals surface area contributed by atoms with Gasteiger partial charge in [0.05, 0.1) is 6.61 Å². The number of piperazine rings is 1. The van der Waals surface area contributed by atoms with Crippen molar-refractivity contribution >= 4 is 29.2 Å². The van der Waals surface area contributed by atoms with E-state index in [2.05, 4.69) is 10.3 Å². The molecule has 3 rings (SSSR count). The summed E-state index contributed by atoms with van der Waals surface area (Å²) in [4.78, 5) is 45.9. The quantitative estimate of drug-likeness (QED) is 0.592. The lowest BCUT2D eigenvalue weighted by Gasteiger charge is -2.36. The maximum Gasteiger partial charge on any atom is 0.409 e. The monoisotopic (exact) mass is 472 g/mol. The molecule has 1 N–H and O–H groups in total. The minimum absolute atomic E-state index is 0.0919. The van der Waals surface area contributed by atoms with Crippen LogP contribution in [0.1, 0.15) is 44.1 Å². The highest BCUT2D eigenvalue weighted by Gasteiger charge is 2.32. The van der Waals surface area contributed by atoms with Crippen molar-refractivity contribution in [2.45, 2.75) is 39.7 Å². The van der Waals surface area contributed by atoms with Gasteiger partial charge in [0.1, 0.15) is 16.7 Å². The molecule has 0 bridgehead atoms. The molecule has 0 aliphatic carbocycles. The minimum Gasteiger partial charge on any atom is -0.449 e. The molecule has 0 unspecified atom stereocenters. The van der Waals surface area contributed by atoms with Crippen molar-refractivity contribution in [1.82, 2.24) is 20.1 Å². The molecule has 1 aliphatic rings. The third-order valence-electron chi connectivity index (χ3n) is 5.55. The molecule has 1 fully saturated rings. The van der Waals surface area contributed by atoms with Crippen molar-refractivity contribution in [1.29, 1.82) is 0 Å². The zero-order valence-corrected chi connectivity index (χ0v) is 20.3. The van der Waals surface area contributed by atoms with Crippen LogP contribution in [0.3, 0.4) is 0 Å². The Morgan fingerprint density at radius 2 is 1.76 bits per heavy atom. The maximum absolute atomic E-state index is 13.2. The van der Waals surface area contributed by atoms with Gasteiger partial charge >= 0.3 is 6.09 Å². The molecule has 178 valence electrons. The number of carbonyl (C=O) groups is 3. The Balaban J connectivity index is 1.57. The molecular weight excluding hydrogens is 440 g/mol. The van der Waals surface area contributed by atoms with E-state index in [-0.39, 0.29) is 23.8 Å². The Kier molecular flexibility index (Phi) is 8.82. The maximum atomic E-state index is 13.2. The number of carbonyl (C=O) groups excluding carboxylic acids is 3.